The third-order valence-electron chi connectivity index (χ3n) is 9.24. The van der Waals surface area contributed by atoms with E-state index in [9.17, 15) is 24.6 Å². The molecule has 5 aliphatic rings. The van der Waals surface area contributed by atoms with E-state index < -0.39 is 24.3 Å². The van der Waals surface area contributed by atoms with Crippen LogP contribution in [0.15, 0.2) is 10.5 Å². The maximum Gasteiger partial charge on any atom is 0.313 e. The van der Waals surface area contributed by atoms with Crippen LogP contribution in [-0.4, -0.2) is 57.6 Å². The van der Waals surface area contributed by atoms with Crippen molar-refractivity contribution >= 4 is 29.3 Å². The number of aliphatic hydroxyl groups excluding tert-OH is 2. The largest absolute Gasteiger partial charge is 0.481 e. The molecule has 8 heteroatoms. The van der Waals surface area contributed by atoms with Crippen molar-refractivity contribution in [1.29, 1.82) is 0 Å². The van der Waals surface area contributed by atoms with Crippen molar-refractivity contribution in [2.24, 2.45) is 34.5 Å². The molecule has 1 spiro atoms. The van der Waals surface area contributed by atoms with E-state index in [1.807, 2.05) is 0 Å². The Hall–Kier alpha value is -1.22. The van der Waals surface area contributed by atoms with Crippen molar-refractivity contribution < 1.29 is 34.4 Å². The number of fused-ring (bicyclic) bond motifs is 6. The van der Waals surface area contributed by atoms with Gasteiger partial charge in [-0.2, -0.15) is 0 Å². The molecule has 3 saturated carbocycles. The molecule has 0 aromatic rings. The van der Waals surface area contributed by atoms with Gasteiger partial charge in [-0.1, -0.05) is 6.92 Å². The first kappa shape index (κ1) is 21.6. The first-order valence-corrected chi connectivity index (χ1v) is 12.3. The van der Waals surface area contributed by atoms with Crippen molar-refractivity contribution in [3.8, 4) is 0 Å². The molecule has 1 aliphatic heterocycles. The summed E-state index contributed by atoms with van der Waals surface area (Å²) in [4.78, 5) is 37.0. The quantitative estimate of drug-likeness (QED) is 0.583. The van der Waals surface area contributed by atoms with Crippen LogP contribution in [0.3, 0.4) is 0 Å². The number of Topliss-reactive ketones (excluding diaryl/α,β-unsaturated/α-hetero) is 2. The smallest absolute Gasteiger partial charge is 0.313 e. The second-order valence-electron chi connectivity index (χ2n) is 10.3. The zero-order valence-corrected chi connectivity index (χ0v) is 18.5. The lowest BCUT2D eigenvalue weighted by Gasteiger charge is -2.57. The number of carboxylic acid groups (broad SMARTS) is 1. The van der Waals surface area contributed by atoms with Crippen LogP contribution >= 0.6 is 11.8 Å². The second-order valence-corrected chi connectivity index (χ2v) is 11.2. The number of thioether (sulfide) groups is 1. The predicted octanol–water partition coefficient (Wildman–Crippen LogP) is 2.15. The fourth-order valence-electron chi connectivity index (χ4n) is 8.21. The lowest BCUT2D eigenvalue weighted by molar-refractivity contribution is -0.160. The van der Waals surface area contributed by atoms with Crippen LogP contribution in [-0.2, 0) is 19.1 Å². The molecule has 4 unspecified atom stereocenters. The molecule has 170 valence electrons. The molecule has 0 amide bonds. The van der Waals surface area contributed by atoms with Gasteiger partial charge in [0.1, 0.15) is 6.61 Å². The minimum atomic E-state index is -1.00. The lowest BCUT2D eigenvalue weighted by atomic mass is 9.46. The molecule has 4 fully saturated rings. The van der Waals surface area contributed by atoms with Gasteiger partial charge in [0.2, 0.25) is 0 Å². The number of aliphatic carboxylic acids is 1. The normalized spacial score (nSPS) is 45.8. The van der Waals surface area contributed by atoms with Gasteiger partial charge in [0, 0.05) is 17.8 Å². The Morgan fingerprint density at radius 1 is 1.23 bits per heavy atom. The fraction of sp³-hybridized carbons (Fsp3) is 0.783. The summed E-state index contributed by atoms with van der Waals surface area (Å²) in [5.41, 5.74) is 0.210. The number of allylic oxidation sites excluding steroid dienone is 1. The number of rotatable bonds is 5. The number of hydrogen-bond acceptors (Lipinski definition) is 7. The topological polar surface area (TPSA) is 121 Å². The molecule has 2 bridgehead atoms. The third-order valence-corrected chi connectivity index (χ3v) is 10.4. The summed E-state index contributed by atoms with van der Waals surface area (Å²) in [6, 6.07) is 0. The van der Waals surface area contributed by atoms with E-state index in [2.05, 4.69) is 6.92 Å². The molecule has 5 rings (SSSR count). The lowest BCUT2D eigenvalue weighted by Crippen LogP contribution is -2.56. The Kier molecular flexibility index (Phi) is 5.16. The second kappa shape index (κ2) is 7.40. The molecule has 0 radical (unpaired) electrons. The van der Waals surface area contributed by atoms with Crippen molar-refractivity contribution in [2.75, 3.05) is 12.4 Å². The monoisotopic (exact) mass is 450 g/mol. The fourth-order valence-corrected chi connectivity index (χ4v) is 9.25. The summed E-state index contributed by atoms with van der Waals surface area (Å²) >= 11 is 1.15. The highest BCUT2D eigenvalue weighted by Gasteiger charge is 2.71. The number of carboxylic acids is 1. The van der Waals surface area contributed by atoms with Crippen LogP contribution in [0.1, 0.15) is 51.9 Å². The van der Waals surface area contributed by atoms with Crippen molar-refractivity contribution in [3.05, 3.63) is 10.5 Å². The van der Waals surface area contributed by atoms with Gasteiger partial charge < -0.3 is 20.1 Å². The molecule has 31 heavy (non-hydrogen) atoms. The van der Waals surface area contributed by atoms with E-state index in [0.29, 0.717) is 36.5 Å². The Balaban J connectivity index is 1.54. The molecule has 0 aromatic heterocycles. The van der Waals surface area contributed by atoms with Gasteiger partial charge in [-0.3, -0.25) is 14.4 Å². The van der Waals surface area contributed by atoms with Crippen molar-refractivity contribution in [2.45, 2.75) is 64.3 Å². The number of ether oxygens (including phenoxy) is 1. The number of aliphatic hydroxyl groups is 2. The van der Waals surface area contributed by atoms with Crippen LogP contribution in [0.2, 0.25) is 0 Å². The van der Waals surface area contributed by atoms with E-state index in [1.54, 1.807) is 0 Å². The summed E-state index contributed by atoms with van der Waals surface area (Å²) in [5, 5.41) is 29.7. The highest BCUT2D eigenvalue weighted by atomic mass is 32.2. The Labute approximate surface area is 185 Å². The van der Waals surface area contributed by atoms with Crippen LogP contribution in [0.5, 0.6) is 0 Å². The highest BCUT2D eigenvalue weighted by molar-refractivity contribution is 8.04. The van der Waals surface area contributed by atoms with E-state index in [0.717, 1.165) is 36.6 Å². The van der Waals surface area contributed by atoms with Gasteiger partial charge in [0.05, 0.1) is 16.8 Å². The van der Waals surface area contributed by atoms with Gasteiger partial charge in [-0.05, 0) is 67.3 Å². The third kappa shape index (κ3) is 2.87. The van der Waals surface area contributed by atoms with Gasteiger partial charge in [-0.15, -0.1) is 11.8 Å². The van der Waals surface area contributed by atoms with E-state index in [-0.39, 0.29) is 46.6 Å². The van der Waals surface area contributed by atoms with Crippen LogP contribution in [0, 0.1) is 34.5 Å². The highest BCUT2D eigenvalue weighted by Crippen LogP contribution is 2.71. The molecule has 8 atom stereocenters. The zero-order valence-electron chi connectivity index (χ0n) is 17.7. The zero-order chi connectivity index (χ0) is 22.1. The van der Waals surface area contributed by atoms with Crippen LogP contribution in [0.4, 0.5) is 0 Å². The number of hydrogen-bond donors (Lipinski definition) is 3. The van der Waals surface area contributed by atoms with Gasteiger partial charge in [0.15, 0.2) is 17.9 Å². The average Bonchev–Trinajstić information content (AvgIpc) is 3.25. The molecular weight excluding hydrogens is 420 g/mol. The Morgan fingerprint density at radius 3 is 2.71 bits per heavy atom. The van der Waals surface area contributed by atoms with Crippen molar-refractivity contribution in [1.82, 2.24) is 0 Å². The Morgan fingerprint density at radius 2 is 2.00 bits per heavy atom. The van der Waals surface area contributed by atoms with Crippen LogP contribution < -0.4 is 0 Å². The number of carbonyl (C=O) groups is 3. The maximum absolute atomic E-state index is 12.7. The summed E-state index contributed by atoms with van der Waals surface area (Å²) in [5.74, 6) is -0.957. The molecule has 4 aliphatic carbocycles. The standard InChI is InChI=1S/C23H30O7S/c1-22-7-6-15(25)20(31-10-18(27)28)14(22)3-2-11-12-4-5-13(16(26)9-24)23(12)8-17(19(11)22)30-21(23)29/h11-13,17,19,21,24,29H,2-10H2,1H3,(H,27,28)/t11?,12?,13-,17?,19?,21+,22+,23-/m1/s1. The van der Waals surface area contributed by atoms with Crippen LogP contribution in [0.25, 0.3) is 0 Å². The molecule has 1 saturated heterocycles. The van der Waals surface area contributed by atoms with E-state index in [4.69, 9.17) is 9.84 Å². The molecule has 3 N–H and O–H groups in total. The summed E-state index contributed by atoms with van der Waals surface area (Å²) in [7, 11) is 0. The first-order chi connectivity index (χ1) is 14.7. The van der Waals surface area contributed by atoms with Gasteiger partial charge >= 0.3 is 5.97 Å². The molecule has 0 aromatic carbocycles. The summed E-state index contributed by atoms with van der Waals surface area (Å²) in [6.07, 6.45) is 3.68. The van der Waals surface area contributed by atoms with Crippen molar-refractivity contribution in [3.63, 3.8) is 0 Å². The Bertz CT molecular complexity index is 868. The predicted molar refractivity (Wildman–Crippen MR) is 112 cm³/mol. The molecule has 7 nitrogen and oxygen atoms in total. The van der Waals surface area contributed by atoms with Gasteiger partial charge in [0.25, 0.3) is 0 Å². The summed E-state index contributed by atoms with van der Waals surface area (Å²) < 4.78 is 6.17. The SMILES string of the molecule is C[C@]12CCC(=O)C(SCC(=O)O)=C1CCC1C3CC[C@H](C(=O)CO)[C@@]34CC(O[C@@H]4O)C12. The first-order valence-electron chi connectivity index (χ1n) is 11.3. The summed E-state index contributed by atoms with van der Waals surface area (Å²) in [6.45, 7) is 1.70. The molecule has 1 heterocycles. The maximum atomic E-state index is 12.7. The van der Waals surface area contributed by atoms with Gasteiger partial charge in [-0.25, -0.2) is 0 Å². The minimum absolute atomic E-state index is 0.0455. The average molecular weight is 451 g/mol. The van der Waals surface area contributed by atoms with E-state index in [1.165, 1.54) is 0 Å². The van der Waals surface area contributed by atoms with E-state index >= 15 is 0 Å². The molecular formula is C23H30O7S. The number of ketones is 2. The number of carbonyl (C=O) groups excluding carboxylic acids is 2. The minimum Gasteiger partial charge on any atom is -0.481 e.